The molecule has 0 amide bonds. The largest absolute Gasteiger partial charge is 0.465 e. The molecule has 5 N–H and O–H groups in total. The van der Waals surface area contributed by atoms with E-state index in [9.17, 15) is 4.79 Å². The van der Waals surface area contributed by atoms with Gasteiger partial charge in [0.25, 0.3) is 0 Å². The first-order chi connectivity index (χ1) is 10.1. The summed E-state index contributed by atoms with van der Waals surface area (Å²) in [6.07, 6.45) is 1.78. The number of methoxy groups -OCH3 is 1. The van der Waals surface area contributed by atoms with Gasteiger partial charge in [-0.2, -0.15) is 0 Å². The van der Waals surface area contributed by atoms with Gasteiger partial charge >= 0.3 is 5.97 Å². The summed E-state index contributed by atoms with van der Waals surface area (Å²) < 4.78 is 4.85. The summed E-state index contributed by atoms with van der Waals surface area (Å²) in [7, 11) is 1.36. The molecule has 0 saturated carbocycles. The number of anilines is 2. The van der Waals surface area contributed by atoms with Gasteiger partial charge in [0.1, 0.15) is 0 Å². The molecule has 106 valence electrons. The van der Waals surface area contributed by atoms with E-state index in [4.69, 9.17) is 16.2 Å². The summed E-state index contributed by atoms with van der Waals surface area (Å²) in [4.78, 5) is 15.1. The average molecular weight is 281 g/mol. The van der Waals surface area contributed by atoms with Crippen molar-refractivity contribution >= 4 is 28.2 Å². The molecule has 0 unspecified atom stereocenters. The maximum Gasteiger partial charge on any atom is 0.338 e. The number of fused-ring (bicyclic) bond motifs is 1. The van der Waals surface area contributed by atoms with Gasteiger partial charge in [-0.1, -0.05) is 6.07 Å². The Kier molecular flexibility index (Phi) is 3.02. The van der Waals surface area contributed by atoms with Crippen LogP contribution in [0.3, 0.4) is 0 Å². The SMILES string of the molecule is COC(=O)c1cc(-c2c(N)cccc2N)cc2[nH]ccc12. The Morgan fingerprint density at radius 2 is 1.86 bits per heavy atom. The van der Waals surface area contributed by atoms with E-state index in [-0.39, 0.29) is 0 Å². The summed E-state index contributed by atoms with van der Waals surface area (Å²) in [6, 6.07) is 10.9. The molecule has 21 heavy (non-hydrogen) atoms. The van der Waals surface area contributed by atoms with E-state index in [1.807, 2.05) is 12.1 Å². The molecule has 0 saturated heterocycles. The molecule has 0 aliphatic heterocycles. The predicted molar refractivity (Wildman–Crippen MR) is 83.9 cm³/mol. The van der Waals surface area contributed by atoms with Crippen molar-refractivity contribution in [1.82, 2.24) is 4.98 Å². The van der Waals surface area contributed by atoms with Crippen LogP contribution in [0.5, 0.6) is 0 Å². The molecule has 2 aromatic carbocycles. The van der Waals surface area contributed by atoms with Crippen LogP contribution in [-0.4, -0.2) is 18.1 Å². The minimum atomic E-state index is -0.394. The summed E-state index contributed by atoms with van der Waals surface area (Å²) in [5, 5.41) is 0.804. The van der Waals surface area contributed by atoms with Gasteiger partial charge in [0.05, 0.1) is 12.7 Å². The molecule has 0 aliphatic rings. The number of carbonyl (C=O) groups excluding carboxylic acids is 1. The second-order valence-electron chi connectivity index (χ2n) is 4.77. The maximum absolute atomic E-state index is 12.0. The molecule has 3 rings (SSSR count). The highest BCUT2D eigenvalue weighted by molar-refractivity contribution is 6.06. The van der Waals surface area contributed by atoms with Crippen LogP contribution >= 0.6 is 0 Å². The number of hydrogen-bond acceptors (Lipinski definition) is 4. The smallest absolute Gasteiger partial charge is 0.338 e. The number of nitrogens with two attached hydrogens (primary N) is 2. The highest BCUT2D eigenvalue weighted by atomic mass is 16.5. The van der Waals surface area contributed by atoms with E-state index in [2.05, 4.69) is 4.98 Å². The number of benzene rings is 2. The first-order valence-electron chi connectivity index (χ1n) is 6.45. The quantitative estimate of drug-likeness (QED) is 0.497. The Hall–Kier alpha value is -2.95. The molecule has 1 aromatic heterocycles. The molecular weight excluding hydrogens is 266 g/mol. The van der Waals surface area contributed by atoms with E-state index in [1.54, 1.807) is 30.5 Å². The molecule has 0 radical (unpaired) electrons. The molecule has 1 heterocycles. The Labute approximate surface area is 121 Å². The fourth-order valence-electron chi connectivity index (χ4n) is 2.51. The summed E-state index contributed by atoms with van der Waals surface area (Å²) in [5.74, 6) is -0.394. The van der Waals surface area contributed by atoms with Crippen LogP contribution < -0.4 is 11.5 Å². The third-order valence-corrected chi connectivity index (χ3v) is 3.49. The summed E-state index contributed by atoms with van der Waals surface area (Å²) >= 11 is 0. The average Bonchev–Trinajstić information content (AvgIpc) is 2.93. The second kappa shape index (κ2) is 4.86. The van der Waals surface area contributed by atoms with E-state index in [1.165, 1.54) is 7.11 Å². The molecule has 0 fully saturated rings. The zero-order chi connectivity index (χ0) is 15.0. The lowest BCUT2D eigenvalue weighted by Crippen LogP contribution is -2.03. The molecule has 0 bridgehead atoms. The molecule has 0 atom stereocenters. The monoisotopic (exact) mass is 281 g/mol. The number of nitrogens with one attached hydrogen (secondary N) is 1. The van der Waals surface area contributed by atoms with Crippen molar-refractivity contribution in [3.63, 3.8) is 0 Å². The first kappa shape index (κ1) is 13.1. The van der Waals surface area contributed by atoms with Gasteiger partial charge in [0, 0.05) is 34.0 Å². The molecule has 3 aromatic rings. The number of ether oxygens (including phenoxy) is 1. The lowest BCUT2D eigenvalue weighted by Gasteiger charge is -2.11. The van der Waals surface area contributed by atoms with E-state index >= 15 is 0 Å². The lowest BCUT2D eigenvalue weighted by atomic mass is 9.97. The van der Waals surface area contributed by atoms with Gasteiger partial charge in [0.15, 0.2) is 0 Å². The Bertz CT molecular complexity index is 816. The molecular formula is C16H15N3O2. The lowest BCUT2D eigenvalue weighted by molar-refractivity contribution is 0.0603. The molecule has 5 heteroatoms. The zero-order valence-electron chi connectivity index (χ0n) is 11.5. The van der Waals surface area contributed by atoms with Gasteiger partial charge in [0.2, 0.25) is 0 Å². The minimum absolute atomic E-state index is 0.394. The van der Waals surface area contributed by atoms with Crippen LogP contribution in [0, 0.1) is 0 Å². The van der Waals surface area contributed by atoms with Crippen LogP contribution in [0.25, 0.3) is 22.0 Å². The third-order valence-electron chi connectivity index (χ3n) is 3.49. The topological polar surface area (TPSA) is 94.1 Å². The van der Waals surface area contributed by atoms with E-state index < -0.39 is 5.97 Å². The van der Waals surface area contributed by atoms with Gasteiger partial charge in [-0.15, -0.1) is 0 Å². The number of aromatic amines is 1. The van der Waals surface area contributed by atoms with Gasteiger partial charge in [-0.25, -0.2) is 4.79 Å². The van der Waals surface area contributed by atoms with E-state index in [0.29, 0.717) is 16.9 Å². The van der Waals surface area contributed by atoms with Crippen LogP contribution in [-0.2, 0) is 4.74 Å². The van der Waals surface area contributed by atoms with Crippen LogP contribution in [0.15, 0.2) is 42.6 Å². The highest BCUT2D eigenvalue weighted by Gasteiger charge is 2.15. The number of aromatic nitrogens is 1. The van der Waals surface area contributed by atoms with Crippen LogP contribution in [0.4, 0.5) is 11.4 Å². The minimum Gasteiger partial charge on any atom is -0.465 e. The van der Waals surface area contributed by atoms with Gasteiger partial charge in [-0.3, -0.25) is 0 Å². The first-order valence-corrected chi connectivity index (χ1v) is 6.45. The Morgan fingerprint density at radius 3 is 2.52 bits per heavy atom. The summed E-state index contributed by atoms with van der Waals surface area (Å²) in [5.41, 5.74) is 16.0. The van der Waals surface area contributed by atoms with Crippen molar-refractivity contribution < 1.29 is 9.53 Å². The fourth-order valence-corrected chi connectivity index (χ4v) is 2.51. The summed E-state index contributed by atoms with van der Waals surface area (Å²) in [6.45, 7) is 0. The van der Waals surface area contributed by atoms with Crippen LogP contribution in [0.1, 0.15) is 10.4 Å². The number of esters is 1. The number of nitrogen functional groups attached to an aromatic ring is 2. The van der Waals surface area contributed by atoms with Gasteiger partial charge in [-0.05, 0) is 35.9 Å². The van der Waals surface area contributed by atoms with Crippen molar-refractivity contribution in [2.45, 2.75) is 0 Å². The molecule has 0 aliphatic carbocycles. The normalized spacial score (nSPS) is 10.7. The standard InChI is InChI=1S/C16H15N3O2/c1-21-16(20)11-7-9(8-14-10(11)5-6-19-14)15-12(17)3-2-4-13(15)18/h2-8,19H,17-18H2,1H3. The number of H-pyrrole nitrogens is 1. The van der Waals surface area contributed by atoms with Crippen molar-refractivity contribution in [3.8, 4) is 11.1 Å². The Balaban J connectivity index is 2.31. The Morgan fingerprint density at radius 1 is 1.14 bits per heavy atom. The van der Waals surface area contributed by atoms with Crippen molar-refractivity contribution in [3.05, 3.63) is 48.2 Å². The predicted octanol–water partition coefficient (Wildman–Crippen LogP) is 2.79. The van der Waals surface area contributed by atoms with Crippen molar-refractivity contribution in [2.75, 3.05) is 18.6 Å². The third kappa shape index (κ3) is 2.08. The maximum atomic E-state index is 12.0. The molecule has 0 spiro atoms. The van der Waals surface area contributed by atoms with Crippen molar-refractivity contribution in [1.29, 1.82) is 0 Å². The van der Waals surface area contributed by atoms with Crippen molar-refractivity contribution in [2.24, 2.45) is 0 Å². The molecule has 5 nitrogen and oxygen atoms in total. The highest BCUT2D eigenvalue weighted by Crippen LogP contribution is 2.34. The van der Waals surface area contributed by atoms with E-state index in [0.717, 1.165) is 22.0 Å². The van der Waals surface area contributed by atoms with Gasteiger partial charge < -0.3 is 21.2 Å². The number of rotatable bonds is 2. The second-order valence-corrected chi connectivity index (χ2v) is 4.77. The van der Waals surface area contributed by atoms with Crippen LogP contribution in [0.2, 0.25) is 0 Å². The fraction of sp³-hybridized carbons (Fsp3) is 0.0625. The number of hydrogen-bond donors (Lipinski definition) is 3. The zero-order valence-corrected chi connectivity index (χ0v) is 11.5. The number of carbonyl (C=O) groups is 1.